The number of amides is 1. The summed E-state index contributed by atoms with van der Waals surface area (Å²) in [6.45, 7) is 9.88. The minimum absolute atomic E-state index is 0.128. The zero-order valence-electron chi connectivity index (χ0n) is 11.8. The Morgan fingerprint density at radius 3 is 2.00 bits per heavy atom. The van der Waals surface area contributed by atoms with E-state index in [1.54, 1.807) is 6.92 Å². The van der Waals surface area contributed by atoms with Gasteiger partial charge in [-0.15, -0.1) is 0 Å². The normalized spacial score (nSPS) is 36.8. The van der Waals surface area contributed by atoms with Crippen molar-refractivity contribution in [1.29, 1.82) is 0 Å². The fraction of sp³-hybridized carbons (Fsp3) is 0.917. The molecule has 2 heterocycles. The molecule has 0 bridgehead atoms. The van der Waals surface area contributed by atoms with Gasteiger partial charge in [-0.2, -0.15) is 0 Å². The third-order valence-electron chi connectivity index (χ3n) is 4.08. The van der Waals surface area contributed by atoms with Gasteiger partial charge < -0.3 is 15.2 Å². The SMILES string of the molecule is CC1(C)CC2(CC(C)(C)[NH2+]1)OC(=O)N(N)[C@]2(C)O. The number of carbonyl (C=O) groups excluding carboxylic acids is 1. The summed E-state index contributed by atoms with van der Waals surface area (Å²) in [4.78, 5) is 11.7. The molecule has 2 aliphatic rings. The first-order valence-electron chi connectivity index (χ1n) is 6.28. The molecule has 1 atom stereocenters. The van der Waals surface area contributed by atoms with E-state index < -0.39 is 17.4 Å². The van der Waals surface area contributed by atoms with Crippen LogP contribution in [-0.4, -0.2) is 38.6 Å². The second kappa shape index (κ2) is 3.37. The molecule has 0 saturated carbocycles. The number of carbonyl (C=O) groups is 1. The first kappa shape index (κ1) is 13.6. The van der Waals surface area contributed by atoms with E-state index in [0.717, 1.165) is 5.01 Å². The first-order valence-corrected chi connectivity index (χ1v) is 6.28. The highest BCUT2D eigenvalue weighted by Crippen LogP contribution is 2.46. The Balaban J connectivity index is 2.45. The zero-order chi connectivity index (χ0) is 14.0. The number of hydrogen-bond donors (Lipinski definition) is 3. The molecule has 2 saturated heterocycles. The van der Waals surface area contributed by atoms with Gasteiger partial charge >= 0.3 is 6.09 Å². The summed E-state index contributed by atoms with van der Waals surface area (Å²) in [6, 6.07) is 0. The minimum atomic E-state index is -1.48. The van der Waals surface area contributed by atoms with Crippen molar-refractivity contribution < 1.29 is 20.0 Å². The van der Waals surface area contributed by atoms with Gasteiger partial charge in [0.15, 0.2) is 11.3 Å². The number of aliphatic hydroxyl groups is 1. The number of piperidine rings is 1. The van der Waals surface area contributed by atoms with Crippen LogP contribution in [0.5, 0.6) is 0 Å². The number of ether oxygens (including phenoxy) is 1. The zero-order valence-corrected chi connectivity index (χ0v) is 11.8. The molecule has 0 aromatic carbocycles. The monoisotopic (exact) mass is 258 g/mol. The molecule has 6 nitrogen and oxygen atoms in total. The number of nitrogens with two attached hydrogens (primary N) is 2. The van der Waals surface area contributed by atoms with Crippen molar-refractivity contribution in [2.75, 3.05) is 0 Å². The van der Waals surface area contributed by atoms with E-state index in [9.17, 15) is 9.90 Å². The molecular formula is C12H24N3O3+. The van der Waals surface area contributed by atoms with Crippen molar-refractivity contribution in [3.63, 3.8) is 0 Å². The smallest absolute Gasteiger partial charge is 0.427 e. The standard InChI is InChI=1S/C12H23N3O3/c1-9(2)6-12(7-10(3,4)14-9)11(5,17)15(13)8(16)18-12/h14,17H,6-7,13H2,1-5H3/p+1/t11-/m1/s1. The van der Waals surface area contributed by atoms with Crippen LogP contribution in [0.25, 0.3) is 0 Å². The van der Waals surface area contributed by atoms with Crippen LogP contribution < -0.4 is 11.2 Å². The maximum atomic E-state index is 11.7. The van der Waals surface area contributed by atoms with E-state index in [2.05, 4.69) is 33.0 Å². The second-order valence-electron chi connectivity index (χ2n) is 7.23. The lowest BCUT2D eigenvalue weighted by molar-refractivity contribution is -0.793. The van der Waals surface area contributed by atoms with Crippen LogP contribution in [0.15, 0.2) is 0 Å². The van der Waals surface area contributed by atoms with Gasteiger partial charge in [0.2, 0.25) is 0 Å². The molecule has 2 rings (SSSR count). The molecule has 6 heteroatoms. The largest absolute Gasteiger partial charge is 0.436 e. The third kappa shape index (κ3) is 1.79. The molecular weight excluding hydrogens is 234 g/mol. The average molecular weight is 258 g/mol. The Hall–Kier alpha value is -0.850. The van der Waals surface area contributed by atoms with Crippen LogP contribution in [0.1, 0.15) is 47.5 Å². The average Bonchev–Trinajstić information content (AvgIpc) is 2.22. The van der Waals surface area contributed by atoms with Crippen molar-refractivity contribution in [3.8, 4) is 0 Å². The molecule has 1 amide bonds. The molecule has 5 N–H and O–H groups in total. The predicted molar refractivity (Wildman–Crippen MR) is 65.2 cm³/mol. The molecule has 2 aliphatic heterocycles. The summed E-state index contributed by atoms with van der Waals surface area (Å²) >= 11 is 0. The first-order chi connectivity index (χ1) is 7.91. The predicted octanol–water partition coefficient (Wildman–Crippen LogP) is -0.326. The molecule has 18 heavy (non-hydrogen) atoms. The lowest BCUT2D eigenvalue weighted by Gasteiger charge is -2.50. The van der Waals surface area contributed by atoms with Crippen LogP contribution in [0.4, 0.5) is 4.79 Å². The van der Waals surface area contributed by atoms with Crippen molar-refractivity contribution in [2.24, 2.45) is 5.84 Å². The van der Waals surface area contributed by atoms with Crippen LogP contribution >= 0.6 is 0 Å². The minimum Gasteiger partial charge on any atom is -0.436 e. The number of hydrazine groups is 1. The quantitative estimate of drug-likeness (QED) is 0.410. The number of nitrogens with zero attached hydrogens (tertiary/aromatic N) is 1. The maximum absolute atomic E-state index is 11.7. The molecule has 0 unspecified atom stereocenters. The summed E-state index contributed by atoms with van der Waals surface area (Å²) in [5, 5.41) is 13.7. The van der Waals surface area contributed by atoms with Gasteiger partial charge in [-0.1, -0.05) is 0 Å². The Labute approximate surface area is 107 Å². The summed E-state index contributed by atoms with van der Waals surface area (Å²) in [5.41, 5.74) is -2.68. The van der Waals surface area contributed by atoms with Gasteiger partial charge in [0, 0.05) is 12.8 Å². The lowest BCUT2D eigenvalue weighted by atomic mass is 9.69. The molecule has 0 radical (unpaired) electrons. The van der Waals surface area contributed by atoms with E-state index >= 15 is 0 Å². The highest BCUT2D eigenvalue weighted by Gasteiger charge is 2.68. The third-order valence-corrected chi connectivity index (χ3v) is 4.08. The summed E-state index contributed by atoms with van der Waals surface area (Å²) in [7, 11) is 0. The van der Waals surface area contributed by atoms with Crippen molar-refractivity contribution in [2.45, 2.75) is 69.9 Å². The summed E-state index contributed by atoms with van der Waals surface area (Å²) in [6.07, 6.45) is 0.472. The van der Waals surface area contributed by atoms with Gasteiger partial charge in [0.05, 0.1) is 11.1 Å². The van der Waals surface area contributed by atoms with Crippen LogP contribution in [-0.2, 0) is 4.74 Å². The van der Waals surface area contributed by atoms with Gasteiger partial charge in [-0.05, 0) is 34.6 Å². The fourth-order valence-corrected chi connectivity index (χ4v) is 3.81. The Bertz CT molecular complexity index is 374. The summed E-state index contributed by atoms with van der Waals surface area (Å²) < 4.78 is 5.48. The second-order valence-corrected chi connectivity index (χ2v) is 7.23. The van der Waals surface area contributed by atoms with E-state index in [-0.39, 0.29) is 11.1 Å². The Morgan fingerprint density at radius 1 is 1.22 bits per heavy atom. The number of quaternary nitrogens is 1. The number of rotatable bonds is 0. The fourth-order valence-electron chi connectivity index (χ4n) is 3.81. The van der Waals surface area contributed by atoms with E-state index in [4.69, 9.17) is 10.6 Å². The van der Waals surface area contributed by atoms with Gasteiger partial charge in [0.25, 0.3) is 0 Å². The van der Waals surface area contributed by atoms with Gasteiger partial charge in [-0.25, -0.2) is 15.6 Å². The highest BCUT2D eigenvalue weighted by molar-refractivity contribution is 5.71. The number of hydrogen-bond acceptors (Lipinski definition) is 4. The molecule has 0 aliphatic carbocycles. The van der Waals surface area contributed by atoms with Crippen LogP contribution in [0.3, 0.4) is 0 Å². The maximum Gasteiger partial charge on any atom is 0.427 e. The summed E-state index contributed by atoms with van der Waals surface area (Å²) in [5.74, 6) is 5.64. The molecule has 1 spiro atoms. The van der Waals surface area contributed by atoms with E-state index in [1.807, 2.05) is 0 Å². The lowest BCUT2D eigenvalue weighted by Crippen LogP contribution is -3.07. The van der Waals surface area contributed by atoms with Crippen LogP contribution in [0, 0.1) is 0 Å². The molecule has 2 fully saturated rings. The molecule has 0 aromatic rings. The van der Waals surface area contributed by atoms with Gasteiger partial charge in [0.1, 0.15) is 0 Å². The van der Waals surface area contributed by atoms with Crippen molar-refractivity contribution in [3.05, 3.63) is 0 Å². The topological polar surface area (TPSA) is 92.4 Å². The Kier molecular flexibility index (Phi) is 2.54. The molecule has 0 aromatic heterocycles. The van der Waals surface area contributed by atoms with E-state index in [1.165, 1.54) is 0 Å². The molecule has 104 valence electrons. The van der Waals surface area contributed by atoms with Crippen molar-refractivity contribution in [1.82, 2.24) is 5.01 Å². The highest BCUT2D eigenvalue weighted by atomic mass is 16.6. The van der Waals surface area contributed by atoms with Gasteiger partial charge in [-0.3, -0.25) is 0 Å². The van der Waals surface area contributed by atoms with Crippen molar-refractivity contribution >= 4 is 6.09 Å². The Morgan fingerprint density at radius 2 is 1.67 bits per heavy atom. The van der Waals surface area contributed by atoms with E-state index in [0.29, 0.717) is 12.8 Å². The van der Waals surface area contributed by atoms with Crippen LogP contribution in [0.2, 0.25) is 0 Å².